The minimum absolute atomic E-state index is 0.0742. The Morgan fingerprint density at radius 2 is 1.96 bits per heavy atom. The van der Waals surface area contributed by atoms with E-state index >= 15 is 0 Å². The van der Waals surface area contributed by atoms with Crippen LogP contribution in [-0.2, 0) is 11.3 Å². The van der Waals surface area contributed by atoms with Crippen LogP contribution in [0.3, 0.4) is 0 Å². The molecule has 6 nitrogen and oxygen atoms in total. The Labute approximate surface area is 163 Å². The van der Waals surface area contributed by atoms with Crippen molar-refractivity contribution >= 4 is 17.7 Å². The first-order valence-electron chi connectivity index (χ1n) is 8.93. The number of aromatic nitrogens is 4. The number of hydrogen-bond donors (Lipinski definition) is 0. The molecule has 7 heteroatoms. The highest BCUT2D eigenvalue weighted by atomic mass is 32.2. The van der Waals surface area contributed by atoms with E-state index in [9.17, 15) is 4.79 Å². The lowest BCUT2D eigenvalue weighted by Crippen LogP contribution is -2.36. The summed E-state index contributed by atoms with van der Waals surface area (Å²) in [5, 5.41) is 12.3. The molecule has 140 valence electrons. The Balaban J connectivity index is 1.72. The largest absolute Gasteiger partial charge is 0.338 e. The number of hydrogen-bond acceptors (Lipinski definition) is 5. The molecular weight excluding hydrogens is 358 g/mol. The quantitative estimate of drug-likeness (QED) is 0.586. The Kier molecular flexibility index (Phi) is 6.24. The van der Waals surface area contributed by atoms with E-state index in [-0.39, 0.29) is 11.2 Å². The third-order valence-electron chi connectivity index (χ3n) is 4.23. The molecule has 0 saturated carbocycles. The Morgan fingerprint density at radius 1 is 1.19 bits per heavy atom. The summed E-state index contributed by atoms with van der Waals surface area (Å²) >= 11 is 1.38. The van der Waals surface area contributed by atoms with Gasteiger partial charge in [0, 0.05) is 13.1 Å². The van der Waals surface area contributed by atoms with Gasteiger partial charge in [-0.15, -0.1) is 5.10 Å². The van der Waals surface area contributed by atoms with E-state index in [1.165, 1.54) is 11.8 Å². The molecule has 0 fully saturated rings. The van der Waals surface area contributed by atoms with Gasteiger partial charge in [0.05, 0.1) is 10.9 Å². The smallest absolute Gasteiger partial charge is 0.236 e. The number of benzene rings is 2. The van der Waals surface area contributed by atoms with Gasteiger partial charge in [0.1, 0.15) is 0 Å². The van der Waals surface area contributed by atoms with Crippen molar-refractivity contribution < 1.29 is 4.79 Å². The van der Waals surface area contributed by atoms with Crippen molar-refractivity contribution in [2.24, 2.45) is 0 Å². The number of carbonyl (C=O) groups excluding carboxylic acids is 1. The molecule has 0 aliphatic heterocycles. The first-order chi connectivity index (χ1) is 13.1. The van der Waals surface area contributed by atoms with Crippen molar-refractivity contribution in [3.8, 4) is 5.69 Å². The summed E-state index contributed by atoms with van der Waals surface area (Å²) in [5.74, 6) is 0.0742. The molecule has 3 aromatic rings. The molecule has 3 rings (SSSR count). The van der Waals surface area contributed by atoms with Gasteiger partial charge in [0.15, 0.2) is 0 Å². The number of nitrogens with zero attached hydrogens (tertiary/aromatic N) is 5. The number of carbonyl (C=O) groups is 1. The van der Waals surface area contributed by atoms with E-state index in [2.05, 4.69) is 15.5 Å². The molecule has 2 aromatic carbocycles. The number of aryl methyl sites for hydroxylation is 1. The maximum absolute atomic E-state index is 12.9. The van der Waals surface area contributed by atoms with E-state index in [4.69, 9.17) is 0 Å². The lowest BCUT2D eigenvalue weighted by Gasteiger charge is -2.24. The fourth-order valence-electron chi connectivity index (χ4n) is 2.79. The molecule has 1 atom stereocenters. The van der Waals surface area contributed by atoms with Crippen molar-refractivity contribution in [2.75, 3.05) is 6.54 Å². The van der Waals surface area contributed by atoms with Crippen LogP contribution in [-0.4, -0.2) is 42.8 Å². The van der Waals surface area contributed by atoms with Gasteiger partial charge in [0.2, 0.25) is 11.1 Å². The molecule has 0 aliphatic carbocycles. The molecule has 0 spiro atoms. The fraction of sp³-hybridized carbons (Fsp3) is 0.300. The first kappa shape index (κ1) is 19.1. The molecule has 0 saturated heterocycles. The monoisotopic (exact) mass is 381 g/mol. The Morgan fingerprint density at radius 3 is 2.67 bits per heavy atom. The molecule has 1 aromatic heterocycles. The minimum Gasteiger partial charge on any atom is -0.338 e. The van der Waals surface area contributed by atoms with Gasteiger partial charge >= 0.3 is 0 Å². The van der Waals surface area contributed by atoms with Crippen LogP contribution in [0.4, 0.5) is 0 Å². The number of thioether (sulfide) groups is 1. The summed E-state index contributed by atoms with van der Waals surface area (Å²) in [6, 6.07) is 18.0. The van der Waals surface area contributed by atoms with Crippen LogP contribution >= 0.6 is 11.8 Å². The molecule has 0 N–H and O–H groups in total. The van der Waals surface area contributed by atoms with Gasteiger partial charge in [-0.3, -0.25) is 4.79 Å². The van der Waals surface area contributed by atoms with Gasteiger partial charge in [-0.2, -0.15) is 4.68 Å². The molecule has 0 bridgehead atoms. The number of tetrazole rings is 1. The fourth-order valence-corrected chi connectivity index (χ4v) is 3.68. The first-order valence-corrected chi connectivity index (χ1v) is 9.81. The van der Waals surface area contributed by atoms with Crippen LogP contribution in [0, 0.1) is 6.92 Å². The van der Waals surface area contributed by atoms with Gasteiger partial charge in [0.25, 0.3) is 0 Å². The van der Waals surface area contributed by atoms with Gasteiger partial charge in [-0.25, -0.2) is 0 Å². The molecule has 27 heavy (non-hydrogen) atoms. The molecule has 1 amide bonds. The maximum atomic E-state index is 12.9. The van der Waals surface area contributed by atoms with E-state index in [0.29, 0.717) is 18.2 Å². The normalized spacial score (nSPS) is 12.0. The zero-order valence-corrected chi connectivity index (χ0v) is 16.6. The summed E-state index contributed by atoms with van der Waals surface area (Å²) < 4.78 is 1.68. The van der Waals surface area contributed by atoms with E-state index in [1.807, 2.05) is 80.3 Å². The summed E-state index contributed by atoms with van der Waals surface area (Å²) in [6.07, 6.45) is 0. The van der Waals surface area contributed by atoms with Crippen molar-refractivity contribution in [2.45, 2.75) is 37.7 Å². The van der Waals surface area contributed by atoms with E-state index < -0.39 is 0 Å². The minimum atomic E-state index is -0.289. The third kappa shape index (κ3) is 4.74. The second-order valence-electron chi connectivity index (χ2n) is 6.31. The molecule has 0 aliphatic rings. The van der Waals surface area contributed by atoms with E-state index in [0.717, 1.165) is 16.8 Å². The van der Waals surface area contributed by atoms with Crippen LogP contribution in [0.2, 0.25) is 0 Å². The van der Waals surface area contributed by atoms with Crippen LogP contribution in [0.25, 0.3) is 5.69 Å². The number of rotatable bonds is 7. The second kappa shape index (κ2) is 8.81. The van der Waals surface area contributed by atoms with Gasteiger partial charge in [-0.1, -0.05) is 54.2 Å². The predicted molar refractivity (Wildman–Crippen MR) is 107 cm³/mol. The zero-order chi connectivity index (χ0) is 19.2. The lowest BCUT2D eigenvalue weighted by atomic mass is 10.2. The standard InChI is InChI=1S/C20H23N5OS/c1-4-24(14-17-10-6-5-7-11-17)19(26)16(3)27-20-21-22-23-25(20)18-12-8-9-15(2)13-18/h5-13,16H,4,14H2,1-3H3. The van der Waals surface area contributed by atoms with Gasteiger partial charge < -0.3 is 4.90 Å². The summed E-state index contributed by atoms with van der Waals surface area (Å²) in [5.41, 5.74) is 3.14. The average Bonchev–Trinajstić information content (AvgIpc) is 3.14. The van der Waals surface area contributed by atoms with Crippen LogP contribution in [0.15, 0.2) is 59.8 Å². The maximum Gasteiger partial charge on any atom is 0.236 e. The van der Waals surface area contributed by atoms with Crippen molar-refractivity contribution in [3.05, 3.63) is 65.7 Å². The molecule has 1 heterocycles. The number of amides is 1. The molecule has 0 radical (unpaired) electrons. The van der Waals surface area contributed by atoms with Crippen LogP contribution in [0.5, 0.6) is 0 Å². The third-order valence-corrected chi connectivity index (χ3v) is 5.25. The van der Waals surface area contributed by atoms with Crippen LogP contribution < -0.4 is 0 Å². The molecular formula is C20H23N5OS. The summed E-state index contributed by atoms with van der Waals surface area (Å²) in [4.78, 5) is 14.8. The molecule has 1 unspecified atom stereocenters. The highest BCUT2D eigenvalue weighted by molar-refractivity contribution is 8.00. The Hall–Kier alpha value is -2.67. The topological polar surface area (TPSA) is 63.9 Å². The SMILES string of the molecule is CCN(Cc1ccccc1)C(=O)C(C)Sc1nnnn1-c1cccc(C)c1. The summed E-state index contributed by atoms with van der Waals surface area (Å²) in [6.45, 7) is 7.17. The zero-order valence-electron chi connectivity index (χ0n) is 15.7. The van der Waals surface area contributed by atoms with Gasteiger partial charge in [-0.05, 0) is 54.5 Å². The van der Waals surface area contributed by atoms with Crippen molar-refractivity contribution in [1.82, 2.24) is 25.1 Å². The Bertz CT molecular complexity index is 896. The van der Waals surface area contributed by atoms with Crippen molar-refractivity contribution in [3.63, 3.8) is 0 Å². The van der Waals surface area contributed by atoms with Crippen LogP contribution in [0.1, 0.15) is 25.0 Å². The predicted octanol–water partition coefficient (Wildman–Crippen LogP) is 3.50. The highest BCUT2D eigenvalue weighted by Crippen LogP contribution is 2.25. The second-order valence-corrected chi connectivity index (χ2v) is 7.62. The lowest BCUT2D eigenvalue weighted by molar-refractivity contribution is -0.130. The summed E-state index contributed by atoms with van der Waals surface area (Å²) in [7, 11) is 0. The highest BCUT2D eigenvalue weighted by Gasteiger charge is 2.23. The average molecular weight is 382 g/mol. The van der Waals surface area contributed by atoms with E-state index in [1.54, 1.807) is 4.68 Å². The van der Waals surface area contributed by atoms with Crippen molar-refractivity contribution in [1.29, 1.82) is 0 Å².